The molecule has 0 bridgehead atoms. The highest BCUT2D eigenvalue weighted by Gasteiger charge is 2.18. The van der Waals surface area contributed by atoms with E-state index in [-0.39, 0.29) is 0 Å². The van der Waals surface area contributed by atoms with E-state index in [0.717, 1.165) is 13.0 Å². The SMILES string of the molecule is CCNC(c1ccccc1)C(C)Cc1cccc(C)c1. The van der Waals surface area contributed by atoms with Gasteiger partial charge in [0.05, 0.1) is 0 Å². The Kier molecular flexibility index (Phi) is 5.37. The highest BCUT2D eigenvalue weighted by molar-refractivity contribution is 5.24. The fourth-order valence-corrected chi connectivity index (χ4v) is 2.86. The van der Waals surface area contributed by atoms with Gasteiger partial charge in [0.2, 0.25) is 0 Å². The molecule has 0 aromatic heterocycles. The van der Waals surface area contributed by atoms with E-state index in [1.807, 2.05) is 0 Å². The van der Waals surface area contributed by atoms with Crippen molar-refractivity contribution >= 4 is 0 Å². The minimum absolute atomic E-state index is 0.418. The highest BCUT2D eigenvalue weighted by Crippen LogP contribution is 2.25. The van der Waals surface area contributed by atoms with E-state index in [1.54, 1.807) is 0 Å². The lowest BCUT2D eigenvalue weighted by Crippen LogP contribution is -2.28. The lowest BCUT2D eigenvalue weighted by Gasteiger charge is -2.25. The van der Waals surface area contributed by atoms with E-state index in [2.05, 4.69) is 80.7 Å². The minimum atomic E-state index is 0.418. The third kappa shape index (κ3) is 3.94. The first kappa shape index (κ1) is 14.8. The molecule has 2 aromatic rings. The van der Waals surface area contributed by atoms with E-state index < -0.39 is 0 Å². The Morgan fingerprint density at radius 1 is 1.00 bits per heavy atom. The van der Waals surface area contributed by atoms with Gasteiger partial charge in [-0.3, -0.25) is 0 Å². The Balaban J connectivity index is 2.13. The van der Waals surface area contributed by atoms with Gasteiger partial charge in [-0.15, -0.1) is 0 Å². The van der Waals surface area contributed by atoms with Crippen molar-refractivity contribution in [3.63, 3.8) is 0 Å². The van der Waals surface area contributed by atoms with Gasteiger partial charge in [-0.1, -0.05) is 74.0 Å². The van der Waals surface area contributed by atoms with Crippen LogP contribution in [0.2, 0.25) is 0 Å². The highest BCUT2D eigenvalue weighted by atomic mass is 14.9. The smallest absolute Gasteiger partial charge is 0.0349 e. The van der Waals surface area contributed by atoms with Crippen LogP contribution in [0.4, 0.5) is 0 Å². The second-order valence-electron chi connectivity index (χ2n) is 5.62. The van der Waals surface area contributed by atoms with Crippen LogP contribution >= 0.6 is 0 Å². The lowest BCUT2D eigenvalue weighted by molar-refractivity contribution is 0.391. The Morgan fingerprint density at radius 2 is 1.75 bits per heavy atom. The van der Waals surface area contributed by atoms with E-state index in [0.29, 0.717) is 12.0 Å². The van der Waals surface area contributed by atoms with Crippen molar-refractivity contribution < 1.29 is 0 Å². The normalized spacial score (nSPS) is 13.9. The van der Waals surface area contributed by atoms with Crippen molar-refractivity contribution in [3.05, 3.63) is 71.3 Å². The van der Waals surface area contributed by atoms with Crippen molar-refractivity contribution in [1.82, 2.24) is 5.32 Å². The molecule has 0 spiro atoms. The standard InChI is InChI=1S/C19H25N/c1-4-20-19(18-11-6-5-7-12-18)16(3)14-17-10-8-9-15(2)13-17/h5-13,16,19-20H,4,14H2,1-3H3. The molecule has 0 fully saturated rings. The van der Waals surface area contributed by atoms with Crippen LogP contribution in [0.15, 0.2) is 54.6 Å². The molecule has 0 saturated heterocycles. The van der Waals surface area contributed by atoms with Crippen molar-refractivity contribution in [3.8, 4) is 0 Å². The zero-order valence-corrected chi connectivity index (χ0v) is 12.8. The number of nitrogens with one attached hydrogen (secondary N) is 1. The van der Waals surface area contributed by atoms with Crippen LogP contribution < -0.4 is 5.32 Å². The summed E-state index contributed by atoms with van der Waals surface area (Å²) in [6, 6.07) is 20.0. The first-order valence-electron chi connectivity index (χ1n) is 7.54. The van der Waals surface area contributed by atoms with Crippen LogP contribution in [0.1, 0.15) is 36.6 Å². The third-order valence-corrected chi connectivity index (χ3v) is 3.79. The molecular formula is C19H25N. The summed E-state index contributed by atoms with van der Waals surface area (Å²) >= 11 is 0. The second kappa shape index (κ2) is 7.25. The predicted molar refractivity (Wildman–Crippen MR) is 86.9 cm³/mol. The Hall–Kier alpha value is -1.60. The van der Waals surface area contributed by atoms with Crippen LogP contribution in [0, 0.1) is 12.8 Å². The summed E-state index contributed by atoms with van der Waals surface area (Å²) < 4.78 is 0. The molecule has 2 atom stereocenters. The molecule has 2 rings (SSSR count). The molecule has 20 heavy (non-hydrogen) atoms. The van der Waals surface area contributed by atoms with Gasteiger partial charge in [0.25, 0.3) is 0 Å². The number of rotatable bonds is 6. The predicted octanol–water partition coefficient (Wildman–Crippen LogP) is 4.52. The van der Waals surface area contributed by atoms with Crippen LogP contribution in [-0.2, 0) is 6.42 Å². The summed E-state index contributed by atoms with van der Waals surface area (Å²) in [6.45, 7) is 7.67. The van der Waals surface area contributed by atoms with Crippen molar-refractivity contribution in [1.29, 1.82) is 0 Å². The fourth-order valence-electron chi connectivity index (χ4n) is 2.86. The summed E-state index contributed by atoms with van der Waals surface area (Å²) in [5, 5.41) is 3.63. The average molecular weight is 267 g/mol. The van der Waals surface area contributed by atoms with Crippen LogP contribution in [0.3, 0.4) is 0 Å². The average Bonchev–Trinajstić information content (AvgIpc) is 2.45. The zero-order valence-electron chi connectivity index (χ0n) is 12.8. The molecule has 0 radical (unpaired) electrons. The fraction of sp³-hybridized carbons (Fsp3) is 0.368. The first-order chi connectivity index (χ1) is 9.70. The topological polar surface area (TPSA) is 12.0 Å². The maximum Gasteiger partial charge on any atom is 0.0349 e. The molecule has 0 aliphatic carbocycles. The number of hydrogen-bond donors (Lipinski definition) is 1. The van der Waals surface area contributed by atoms with E-state index >= 15 is 0 Å². The van der Waals surface area contributed by atoms with Gasteiger partial charge in [0.1, 0.15) is 0 Å². The van der Waals surface area contributed by atoms with E-state index in [4.69, 9.17) is 0 Å². The maximum atomic E-state index is 3.63. The van der Waals surface area contributed by atoms with Crippen LogP contribution in [-0.4, -0.2) is 6.54 Å². The van der Waals surface area contributed by atoms with E-state index in [9.17, 15) is 0 Å². The molecule has 106 valence electrons. The molecule has 1 N–H and O–H groups in total. The van der Waals surface area contributed by atoms with Gasteiger partial charge in [0.15, 0.2) is 0 Å². The molecule has 0 aliphatic rings. The van der Waals surface area contributed by atoms with Gasteiger partial charge >= 0.3 is 0 Å². The maximum absolute atomic E-state index is 3.63. The number of aryl methyl sites for hydroxylation is 1. The van der Waals surface area contributed by atoms with Crippen LogP contribution in [0.5, 0.6) is 0 Å². The van der Waals surface area contributed by atoms with Crippen LogP contribution in [0.25, 0.3) is 0 Å². The van der Waals surface area contributed by atoms with Gasteiger partial charge in [-0.05, 0) is 36.9 Å². The van der Waals surface area contributed by atoms with Gasteiger partial charge in [0, 0.05) is 6.04 Å². The molecule has 0 aliphatic heterocycles. The van der Waals surface area contributed by atoms with Gasteiger partial charge in [-0.2, -0.15) is 0 Å². The summed E-state index contributed by atoms with van der Waals surface area (Å²) in [7, 11) is 0. The molecule has 0 amide bonds. The summed E-state index contributed by atoms with van der Waals surface area (Å²) in [4.78, 5) is 0. The molecule has 1 heteroatoms. The molecule has 2 unspecified atom stereocenters. The molecular weight excluding hydrogens is 242 g/mol. The number of benzene rings is 2. The Morgan fingerprint density at radius 3 is 2.40 bits per heavy atom. The molecule has 2 aromatic carbocycles. The molecule has 1 nitrogen and oxygen atoms in total. The second-order valence-corrected chi connectivity index (χ2v) is 5.62. The van der Waals surface area contributed by atoms with Gasteiger partial charge in [-0.25, -0.2) is 0 Å². The zero-order chi connectivity index (χ0) is 14.4. The quantitative estimate of drug-likeness (QED) is 0.811. The number of hydrogen-bond acceptors (Lipinski definition) is 1. The van der Waals surface area contributed by atoms with Crippen molar-refractivity contribution in [2.75, 3.05) is 6.54 Å². The van der Waals surface area contributed by atoms with E-state index in [1.165, 1.54) is 16.7 Å². The Bertz CT molecular complexity index is 518. The minimum Gasteiger partial charge on any atom is -0.310 e. The third-order valence-electron chi connectivity index (χ3n) is 3.79. The molecule has 0 heterocycles. The first-order valence-corrected chi connectivity index (χ1v) is 7.54. The largest absolute Gasteiger partial charge is 0.310 e. The monoisotopic (exact) mass is 267 g/mol. The molecule has 0 saturated carbocycles. The van der Waals surface area contributed by atoms with Crippen molar-refractivity contribution in [2.24, 2.45) is 5.92 Å². The van der Waals surface area contributed by atoms with Gasteiger partial charge < -0.3 is 5.32 Å². The van der Waals surface area contributed by atoms with Crippen molar-refractivity contribution in [2.45, 2.75) is 33.2 Å². The summed E-state index contributed by atoms with van der Waals surface area (Å²) in [5.41, 5.74) is 4.15. The lowest BCUT2D eigenvalue weighted by atomic mass is 9.89. The Labute approximate surface area is 123 Å². The summed E-state index contributed by atoms with van der Waals surface area (Å²) in [6.07, 6.45) is 1.11. The summed E-state index contributed by atoms with van der Waals surface area (Å²) in [5.74, 6) is 0.569.